The highest BCUT2D eigenvalue weighted by atomic mass is 16.6. The maximum Gasteiger partial charge on any atom is 0.347 e. The Hall–Kier alpha value is -1.84. The number of ether oxygens (including phenoxy) is 2. The summed E-state index contributed by atoms with van der Waals surface area (Å²) >= 11 is 0. The van der Waals surface area contributed by atoms with E-state index in [1.807, 2.05) is 0 Å². The van der Waals surface area contributed by atoms with E-state index in [2.05, 4.69) is 0 Å². The lowest BCUT2D eigenvalue weighted by Crippen LogP contribution is -2.37. The molecule has 0 amide bonds. The molecule has 1 saturated carbocycles. The Kier molecular flexibility index (Phi) is 5.99. The number of carbonyl (C=O) groups excluding carboxylic acids is 2. The summed E-state index contributed by atoms with van der Waals surface area (Å²) in [5.74, 6) is 0.420. The van der Waals surface area contributed by atoms with Gasteiger partial charge in [-0.15, -0.1) is 0 Å². The van der Waals surface area contributed by atoms with Crippen LogP contribution in [0.3, 0.4) is 0 Å². The third-order valence-electron chi connectivity index (χ3n) is 4.10. The number of esters is 1. The first-order valence-corrected chi connectivity index (χ1v) is 8.06. The van der Waals surface area contributed by atoms with E-state index in [0.717, 1.165) is 25.7 Å². The van der Waals surface area contributed by atoms with Crippen LogP contribution in [0, 0.1) is 5.92 Å². The number of Topliss-reactive ketones (excluding diaryl/α,β-unsaturated/α-hetero) is 1. The molecule has 1 unspecified atom stereocenters. The molecule has 0 radical (unpaired) electrons. The zero-order valence-corrected chi connectivity index (χ0v) is 13.3. The largest absolute Gasteiger partial charge is 0.478 e. The van der Waals surface area contributed by atoms with Gasteiger partial charge in [0.25, 0.3) is 0 Å². The number of hydrogen-bond donors (Lipinski definition) is 0. The molecule has 1 aliphatic rings. The van der Waals surface area contributed by atoms with Gasteiger partial charge in [0.1, 0.15) is 5.75 Å². The van der Waals surface area contributed by atoms with Crippen molar-refractivity contribution in [2.45, 2.75) is 52.1 Å². The number of rotatable bonds is 6. The zero-order valence-electron chi connectivity index (χ0n) is 13.3. The van der Waals surface area contributed by atoms with E-state index in [0.29, 0.717) is 17.9 Å². The first-order chi connectivity index (χ1) is 10.6. The van der Waals surface area contributed by atoms with Crippen LogP contribution in [0.2, 0.25) is 0 Å². The van der Waals surface area contributed by atoms with E-state index in [1.165, 1.54) is 13.3 Å². The summed E-state index contributed by atoms with van der Waals surface area (Å²) in [4.78, 5) is 23.7. The maximum absolute atomic E-state index is 12.3. The fourth-order valence-electron chi connectivity index (χ4n) is 2.93. The molecule has 0 aromatic heterocycles. The molecular weight excluding hydrogens is 280 g/mol. The van der Waals surface area contributed by atoms with Crippen molar-refractivity contribution < 1.29 is 19.1 Å². The second kappa shape index (κ2) is 7.97. The predicted octanol–water partition coefficient (Wildman–Crippen LogP) is 3.78. The van der Waals surface area contributed by atoms with Crippen molar-refractivity contribution in [3.63, 3.8) is 0 Å². The zero-order chi connectivity index (χ0) is 15.9. The Labute approximate surface area is 131 Å². The molecule has 0 saturated heterocycles. The molecule has 0 N–H and O–H groups in total. The van der Waals surface area contributed by atoms with Gasteiger partial charge in [0.2, 0.25) is 0 Å². The van der Waals surface area contributed by atoms with Crippen LogP contribution in [0.25, 0.3) is 0 Å². The minimum absolute atomic E-state index is 0.0178. The Morgan fingerprint density at radius 1 is 1.23 bits per heavy atom. The Balaban J connectivity index is 2.16. The van der Waals surface area contributed by atoms with Crippen molar-refractivity contribution in [2.75, 3.05) is 6.61 Å². The van der Waals surface area contributed by atoms with Crippen molar-refractivity contribution in [1.29, 1.82) is 0 Å². The van der Waals surface area contributed by atoms with E-state index in [9.17, 15) is 9.59 Å². The van der Waals surface area contributed by atoms with Crippen LogP contribution in [0.1, 0.15) is 56.3 Å². The summed E-state index contributed by atoms with van der Waals surface area (Å²) in [6.45, 7) is 3.66. The van der Waals surface area contributed by atoms with Gasteiger partial charge in [-0.1, -0.05) is 31.4 Å². The maximum atomic E-state index is 12.3. The molecule has 0 heterocycles. The highest BCUT2D eigenvalue weighted by molar-refractivity contribution is 5.94. The van der Waals surface area contributed by atoms with E-state index in [-0.39, 0.29) is 17.7 Å². The molecule has 1 aromatic rings. The minimum atomic E-state index is -0.581. The molecule has 4 heteroatoms. The molecule has 1 aliphatic carbocycles. The fourth-order valence-corrected chi connectivity index (χ4v) is 2.93. The summed E-state index contributed by atoms with van der Waals surface area (Å²) in [7, 11) is 0. The number of hydrogen-bond acceptors (Lipinski definition) is 4. The molecule has 1 aromatic carbocycles. The highest BCUT2D eigenvalue weighted by Crippen LogP contribution is 2.30. The highest BCUT2D eigenvalue weighted by Gasteiger charge is 2.32. The molecule has 4 nitrogen and oxygen atoms in total. The fraction of sp³-hybridized carbons (Fsp3) is 0.556. The second-order valence-corrected chi connectivity index (χ2v) is 5.77. The predicted molar refractivity (Wildman–Crippen MR) is 84.1 cm³/mol. The molecular formula is C18H24O4. The second-order valence-electron chi connectivity index (χ2n) is 5.77. The van der Waals surface area contributed by atoms with Gasteiger partial charge < -0.3 is 9.47 Å². The van der Waals surface area contributed by atoms with Crippen LogP contribution in [0.4, 0.5) is 0 Å². The third kappa shape index (κ3) is 4.33. The number of carbonyl (C=O) groups is 2. The van der Waals surface area contributed by atoms with E-state index < -0.39 is 6.10 Å². The Morgan fingerprint density at radius 3 is 2.59 bits per heavy atom. The average Bonchev–Trinajstić information content (AvgIpc) is 2.54. The minimum Gasteiger partial charge on any atom is -0.478 e. The summed E-state index contributed by atoms with van der Waals surface area (Å²) in [6.07, 6.45) is 4.84. The lowest BCUT2D eigenvalue weighted by atomic mass is 9.85. The van der Waals surface area contributed by atoms with Gasteiger partial charge in [-0.05, 0) is 38.8 Å². The lowest BCUT2D eigenvalue weighted by molar-refractivity contribution is -0.154. The van der Waals surface area contributed by atoms with E-state index in [1.54, 1.807) is 31.2 Å². The average molecular weight is 304 g/mol. The third-order valence-corrected chi connectivity index (χ3v) is 4.10. The van der Waals surface area contributed by atoms with Crippen LogP contribution in [0.15, 0.2) is 24.3 Å². The normalized spacial score (nSPS) is 16.8. The molecule has 2 rings (SSSR count). The van der Waals surface area contributed by atoms with Crippen LogP contribution in [-0.2, 0) is 9.53 Å². The SMILES string of the molecule is CCOC(=O)C(Oc1cccc(C(C)=O)c1)C1CCCCC1. The van der Waals surface area contributed by atoms with Gasteiger partial charge in [-0.2, -0.15) is 0 Å². The lowest BCUT2D eigenvalue weighted by Gasteiger charge is -2.29. The molecule has 1 fully saturated rings. The van der Waals surface area contributed by atoms with Crippen LogP contribution < -0.4 is 4.74 Å². The molecule has 0 bridgehead atoms. The van der Waals surface area contributed by atoms with Crippen molar-refractivity contribution in [1.82, 2.24) is 0 Å². The van der Waals surface area contributed by atoms with E-state index in [4.69, 9.17) is 9.47 Å². The van der Waals surface area contributed by atoms with Gasteiger partial charge in [-0.25, -0.2) is 4.79 Å². The monoisotopic (exact) mass is 304 g/mol. The first-order valence-electron chi connectivity index (χ1n) is 8.06. The smallest absolute Gasteiger partial charge is 0.347 e. The van der Waals surface area contributed by atoms with Crippen LogP contribution in [0.5, 0.6) is 5.75 Å². The molecule has 120 valence electrons. The van der Waals surface area contributed by atoms with E-state index >= 15 is 0 Å². The standard InChI is InChI=1S/C18H24O4/c1-3-21-18(20)17(14-8-5-4-6-9-14)22-16-11-7-10-15(12-16)13(2)19/h7,10-12,14,17H,3-6,8-9H2,1-2H3. The number of benzene rings is 1. The van der Waals surface area contributed by atoms with Crippen LogP contribution >= 0.6 is 0 Å². The molecule has 0 aliphatic heterocycles. The van der Waals surface area contributed by atoms with Crippen molar-refractivity contribution in [3.05, 3.63) is 29.8 Å². The summed E-state index contributed by atoms with van der Waals surface area (Å²) in [5, 5.41) is 0. The first kappa shape index (κ1) is 16.5. The Bertz CT molecular complexity index is 518. The molecule has 0 spiro atoms. The summed E-state index contributed by atoms with van der Waals surface area (Å²) in [6, 6.07) is 6.99. The molecule has 22 heavy (non-hydrogen) atoms. The van der Waals surface area contributed by atoms with Gasteiger partial charge in [0.15, 0.2) is 11.9 Å². The quantitative estimate of drug-likeness (QED) is 0.593. The van der Waals surface area contributed by atoms with Crippen molar-refractivity contribution in [2.24, 2.45) is 5.92 Å². The van der Waals surface area contributed by atoms with Crippen molar-refractivity contribution in [3.8, 4) is 5.75 Å². The topological polar surface area (TPSA) is 52.6 Å². The van der Waals surface area contributed by atoms with Gasteiger partial charge in [0, 0.05) is 11.5 Å². The Morgan fingerprint density at radius 2 is 1.95 bits per heavy atom. The summed E-state index contributed by atoms with van der Waals surface area (Å²) < 4.78 is 11.1. The van der Waals surface area contributed by atoms with Gasteiger partial charge in [-0.3, -0.25) is 4.79 Å². The van der Waals surface area contributed by atoms with Crippen LogP contribution in [-0.4, -0.2) is 24.5 Å². The van der Waals surface area contributed by atoms with Crippen molar-refractivity contribution >= 4 is 11.8 Å². The van der Waals surface area contributed by atoms with Gasteiger partial charge in [0.05, 0.1) is 6.61 Å². The number of ketones is 1. The van der Waals surface area contributed by atoms with Gasteiger partial charge >= 0.3 is 5.97 Å². The molecule has 1 atom stereocenters. The summed E-state index contributed by atoms with van der Waals surface area (Å²) in [5.41, 5.74) is 0.587.